The van der Waals surface area contributed by atoms with Gasteiger partial charge >= 0.3 is 5.69 Å². The molecule has 0 saturated heterocycles. The third kappa shape index (κ3) is 10.9. The van der Waals surface area contributed by atoms with Crippen LogP contribution in [0.25, 0.3) is 28.0 Å². The Kier molecular flexibility index (Phi) is 13.7. The molecule has 9 N–H and O–H groups in total. The zero-order valence-corrected chi connectivity index (χ0v) is 33.1. The lowest BCUT2D eigenvalue weighted by Gasteiger charge is -2.19. The van der Waals surface area contributed by atoms with Crippen LogP contribution in [0.5, 0.6) is 5.75 Å². The van der Waals surface area contributed by atoms with Gasteiger partial charge in [-0.25, -0.2) is 14.2 Å². The molecule has 0 saturated carbocycles. The second-order valence-electron chi connectivity index (χ2n) is 13.9. The van der Waals surface area contributed by atoms with Crippen LogP contribution < -0.4 is 37.8 Å². The Balaban J connectivity index is 1.08. The highest BCUT2D eigenvalue weighted by Gasteiger charge is 2.16. The number of methoxy groups -OCH3 is 1. The highest BCUT2D eigenvalue weighted by atomic mass is 35.5. The molecule has 3 aromatic heterocycles. The predicted molar refractivity (Wildman–Crippen MR) is 225 cm³/mol. The molecule has 6 rings (SSSR count). The van der Waals surface area contributed by atoms with Gasteiger partial charge in [0.15, 0.2) is 16.9 Å². The van der Waals surface area contributed by atoms with E-state index in [9.17, 15) is 4.79 Å². The molecule has 0 amide bonds. The van der Waals surface area contributed by atoms with E-state index in [1.54, 1.807) is 42.8 Å². The van der Waals surface area contributed by atoms with E-state index in [1.807, 2.05) is 61.7 Å². The van der Waals surface area contributed by atoms with Crippen molar-refractivity contribution in [3.05, 3.63) is 122 Å². The number of aromatic amines is 1. The first kappa shape index (κ1) is 40.4. The van der Waals surface area contributed by atoms with Crippen molar-refractivity contribution in [3.8, 4) is 22.7 Å². The summed E-state index contributed by atoms with van der Waals surface area (Å²) in [6.07, 6.45) is 8.55. The van der Waals surface area contributed by atoms with Gasteiger partial charge < -0.3 is 37.1 Å². The average molecular weight is 799 g/mol. The molecule has 0 spiro atoms. The van der Waals surface area contributed by atoms with Gasteiger partial charge in [0.1, 0.15) is 11.4 Å². The number of guanidine groups is 1. The van der Waals surface area contributed by atoms with Crippen LogP contribution in [0.3, 0.4) is 0 Å². The molecule has 0 radical (unpaired) electrons. The fraction of sp³-hybridized carbons (Fsp3) is 0.317. The van der Waals surface area contributed by atoms with Gasteiger partial charge in [0.25, 0.3) is 0 Å². The van der Waals surface area contributed by atoms with E-state index < -0.39 is 11.5 Å². The van der Waals surface area contributed by atoms with Gasteiger partial charge in [0.2, 0.25) is 0 Å². The lowest BCUT2D eigenvalue weighted by atomic mass is 10.0. The Morgan fingerprint density at radius 2 is 1.79 bits per heavy atom. The maximum Gasteiger partial charge on any atom is 0.354 e. The molecule has 2 atom stereocenters. The van der Waals surface area contributed by atoms with Crippen molar-refractivity contribution in [1.29, 1.82) is 5.41 Å². The number of halogens is 2. The second kappa shape index (κ2) is 19.0. The fourth-order valence-corrected chi connectivity index (χ4v) is 7.51. The molecule has 0 aliphatic heterocycles. The van der Waals surface area contributed by atoms with Crippen LogP contribution in [0.2, 0.25) is 5.02 Å². The number of aromatic nitrogens is 4. The molecule has 3 heterocycles. The second-order valence-corrected chi connectivity index (χ2v) is 15.5. The van der Waals surface area contributed by atoms with Gasteiger partial charge in [-0.1, -0.05) is 35.9 Å². The van der Waals surface area contributed by atoms with Crippen LogP contribution in [0.1, 0.15) is 54.2 Å². The maximum atomic E-state index is 15.2. The SMILES string of the molecule is COc1ccc(CNc2ncc(CC[C@@H](CCNC(=N)N)NCc3ccc(-n4cc5cc(-c6cc(CCC[C@H](C)N)cc(Cl)c6F)[nH]c5nc4=O)cc3)s2)cc1. The van der Waals surface area contributed by atoms with Crippen molar-refractivity contribution in [2.24, 2.45) is 11.5 Å². The van der Waals surface area contributed by atoms with Crippen molar-refractivity contribution in [2.75, 3.05) is 19.0 Å². The minimum Gasteiger partial charge on any atom is -0.497 e. The van der Waals surface area contributed by atoms with E-state index in [-0.39, 0.29) is 23.1 Å². The lowest BCUT2D eigenvalue weighted by molar-refractivity contribution is 0.414. The van der Waals surface area contributed by atoms with Gasteiger partial charge in [-0.15, -0.1) is 11.3 Å². The number of nitrogens with two attached hydrogens (primary N) is 2. The number of hydrogen-bond acceptors (Lipinski definition) is 9. The molecule has 0 bridgehead atoms. The van der Waals surface area contributed by atoms with Crippen molar-refractivity contribution >= 4 is 45.1 Å². The van der Waals surface area contributed by atoms with Crippen LogP contribution in [0.4, 0.5) is 9.52 Å². The van der Waals surface area contributed by atoms with Crippen LogP contribution in [0.15, 0.2) is 83.9 Å². The summed E-state index contributed by atoms with van der Waals surface area (Å²) in [4.78, 5) is 26.3. The maximum absolute atomic E-state index is 15.2. The number of rotatable bonds is 19. The molecule has 0 fully saturated rings. The van der Waals surface area contributed by atoms with Gasteiger partial charge in [-0.05, 0) is 105 Å². The summed E-state index contributed by atoms with van der Waals surface area (Å²) in [5.41, 5.74) is 15.9. The number of nitrogens with zero attached hydrogens (tertiary/aromatic N) is 3. The molecule has 56 heavy (non-hydrogen) atoms. The quantitative estimate of drug-likeness (QED) is 0.0339. The summed E-state index contributed by atoms with van der Waals surface area (Å²) in [6.45, 7) is 3.81. The Hall–Kier alpha value is -5.28. The summed E-state index contributed by atoms with van der Waals surface area (Å²) >= 11 is 7.94. The van der Waals surface area contributed by atoms with Crippen molar-refractivity contribution in [2.45, 2.75) is 70.6 Å². The number of H-pyrrole nitrogens is 1. The normalized spacial score (nSPS) is 12.4. The lowest BCUT2D eigenvalue weighted by Crippen LogP contribution is -2.36. The molecule has 0 aliphatic carbocycles. The van der Waals surface area contributed by atoms with E-state index in [0.29, 0.717) is 47.6 Å². The Labute approximate surface area is 334 Å². The van der Waals surface area contributed by atoms with E-state index in [4.69, 9.17) is 33.2 Å². The smallest absolute Gasteiger partial charge is 0.354 e. The number of fused-ring (bicyclic) bond motifs is 1. The van der Waals surface area contributed by atoms with Crippen LogP contribution in [0, 0.1) is 11.2 Å². The van der Waals surface area contributed by atoms with Crippen molar-refractivity contribution in [3.63, 3.8) is 0 Å². The average Bonchev–Trinajstić information content (AvgIpc) is 3.82. The van der Waals surface area contributed by atoms with Gasteiger partial charge in [0.05, 0.1) is 23.5 Å². The Morgan fingerprint density at radius 3 is 2.52 bits per heavy atom. The third-order valence-corrected chi connectivity index (χ3v) is 10.8. The van der Waals surface area contributed by atoms with Crippen LogP contribution >= 0.6 is 22.9 Å². The monoisotopic (exact) mass is 798 g/mol. The molecular weight excluding hydrogens is 751 g/mol. The van der Waals surface area contributed by atoms with Crippen LogP contribution in [-0.2, 0) is 25.9 Å². The summed E-state index contributed by atoms with van der Waals surface area (Å²) in [7, 11) is 1.66. The predicted octanol–water partition coefficient (Wildman–Crippen LogP) is 6.88. The fourth-order valence-electron chi connectivity index (χ4n) is 6.45. The summed E-state index contributed by atoms with van der Waals surface area (Å²) in [6, 6.07) is 21.1. The minimum atomic E-state index is -0.530. The van der Waals surface area contributed by atoms with E-state index in [0.717, 1.165) is 66.1 Å². The van der Waals surface area contributed by atoms with Gasteiger partial charge in [-0.2, -0.15) is 4.98 Å². The number of nitrogens with one attached hydrogen (secondary N) is 5. The minimum absolute atomic E-state index is 0.0431. The number of hydrogen-bond donors (Lipinski definition) is 7. The third-order valence-electron chi connectivity index (χ3n) is 9.52. The molecule has 6 aromatic rings. The number of benzene rings is 3. The molecule has 0 aliphatic rings. The standard InChI is InChI=1S/C41H48ClFN10O2S/c1-25(44)4-3-5-28-18-34(37(43)35(42)19-28)36-20-29-24-53(41(54)52-38(29)51-36)31-11-6-26(7-12-31)21-48-30(16-17-47-39(45)46)10-15-33-23-50-40(56-33)49-22-27-8-13-32(55-2)14-9-27/h6-9,11-14,18-20,23-25,30,48H,3-5,10,15-17,21-22,44H2,1-2H3,(H,49,50)(H4,45,46,47)(H,51,52,54)/t25-,30-/m0/s1. The summed E-state index contributed by atoms with van der Waals surface area (Å²) in [5, 5.41) is 19.1. The Bertz CT molecular complexity index is 2290. The number of ether oxygens (including phenoxy) is 1. The summed E-state index contributed by atoms with van der Waals surface area (Å²) < 4.78 is 22.0. The number of anilines is 1. The highest BCUT2D eigenvalue weighted by Crippen LogP contribution is 2.31. The molecule has 12 nitrogen and oxygen atoms in total. The van der Waals surface area contributed by atoms with Gasteiger partial charge in [0, 0.05) is 59.9 Å². The molecule has 3 aromatic carbocycles. The first-order valence-electron chi connectivity index (χ1n) is 18.6. The first-order chi connectivity index (χ1) is 27.0. The Morgan fingerprint density at radius 1 is 1.04 bits per heavy atom. The molecular formula is C41H48ClFN10O2S. The topological polar surface area (TPSA) is 185 Å². The summed E-state index contributed by atoms with van der Waals surface area (Å²) in [5.74, 6) is 0.244. The number of thiazole rings is 1. The van der Waals surface area contributed by atoms with E-state index >= 15 is 4.39 Å². The van der Waals surface area contributed by atoms with Crippen LogP contribution in [-0.4, -0.2) is 51.2 Å². The van der Waals surface area contributed by atoms with Crippen molar-refractivity contribution < 1.29 is 9.13 Å². The highest BCUT2D eigenvalue weighted by molar-refractivity contribution is 7.15. The molecule has 15 heteroatoms. The zero-order chi connectivity index (χ0) is 39.6. The van der Waals surface area contributed by atoms with Crippen molar-refractivity contribution in [1.82, 2.24) is 30.2 Å². The molecule has 0 unspecified atom stereocenters. The van der Waals surface area contributed by atoms with E-state index in [1.165, 1.54) is 9.44 Å². The number of aryl methyl sites for hydroxylation is 2. The first-order valence-corrected chi connectivity index (χ1v) is 19.8. The van der Waals surface area contributed by atoms with Gasteiger partial charge in [-0.3, -0.25) is 9.98 Å². The largest absolute Gasteiger partial charge is 0.497 e. The zero-order valence-electron chi connectivity index (χ0n) is 31.5. The van der Waals surface area contributed by atoms with E-state index in [2.05, 4.69) is 30.9 Å². The molecule has 294 valence electrons.